The van der Waals surface area contributed by atoms with Gasteiger partial charge in [-0.15, -0.1) is 0 Å². The smallest absolute Gasteiger partial charge is 0.123 e. The van der Waals surface area contributed by atoms with E-state index in [1.54, 1.807) is 0 Å². The zero-order valence-corrected chi connectivity index (χ0v) is 15.8. The molecule has 2 aromatic rings. The molecule has 0 saturated heterocycles. The number of ether oxygens (including phenoxy) is 1. The maximum atomic E-state index is 6.13. The summed E-state index contributed by atoms with van der Waals surface area (Å²) in [5, 5.41) is 0.746. The van der Waals surface area contributed by atoms with Crippen molar-refractivity contribution in [3.05, 3.63) is 61.7 Å². The monoisotopic (exact) mass is 464 g/mol. The minimum absolute atomic E-state index is 0.0644. The molecule has 20 heavy (non-hydrogen) atoms. The molecule has 2 rings (SSSR count). The van der Waals surface area contributed by atoms with Gasteiger partial charge in [-0.05, 0) is 66.3 Å². The van der Waals surface area contributed by atoms with Gasteiger partial charge in [0.2, 0.25) is 0 Å². The van der Waals surface area contributed by atoms with E-state index in [1.807, 2.05) is 31.2 Å². The number of hydrogen-bond acceptors (Lipinski definition) is 1. The molecule has 1 nitrogen and oxygen atoms in total. The summed E-state index contributed by atoms with van der Waals surface area (Å²) in [6.07, 6.45) is 0. The first-order valence-corrected chi connectivity index (χ1v) is 8.72. The first-order chi connectivity index (χ1) is 9.52. The van der Waals surface area contributed by atoms with Crippen LogP contribution in [0.25, 0.3) is 0 Å². The Morgan fingerprint density at radius 3 is 2.65 bits per heavy atom. The second-order valence-electron chi connectivity index (χ2n) is 4.50. The van der Waals surface area contributed by atoms with Crippen molar-refractivity contribution in [2.75, 3.05) is 6.61 Å². The highest BCUT2D eigenvalue weighted by Crippen LogP contribution is 2.39. The van der Waals surface area contributed by atoms with E-state index >= 15 is 0 Å². The highest BCUT2D eigenvalue weighted by molar-refractivity contribution is 14.1. The molecule has 4 heteroatoms. The van der Waals surface area contributed by atoms with Crippen LogP contribution in [0.15, 0.2) is 36.4 Å². The Kier molecular flexibility index (Phi) is 5.75. The lowest BCUT2D eigenvalue weighted by Crippen LogP contribution is -2.02. The molecule has 2 aromatic carbocycles. The average molecular weight is 466 g/mol. The van der Waals surface area contributed by atoms with Crippen LogP contribution >= 0.6 is 50.1 Å². The maximum Gasteiger partial charge on any atom is 0.123 e. The number of benzene rings is 2. The lowest BCUT2D eigenvalue weighted by molar-refractivity contribution is 0.337. The summed E-state index contributed by atoms with van der Waals surface area (Å²) in [4.78, 5) is 0.0644. The van der Waals surface area contributed by atoms with Crippen molar-refractivity contribution < 1.29 is 4.74 Å². The maximum absolute atomic E-state index is 6.13. The summed E-state index contributed by atoms with van der Waals surface area (Å²) in [5.74, 6) is 0.913. The molecule has 1 atom stereocenters. The van der Waals surface area contributed by atoms with Gasteiger partial charge in [0, 0.05) is 14.2 Å². The lowest BCUT2D eigenvalue weighted by atomic mass is 10.0. The lowest BCUT2D eigenvalue weighted by Gasteiger charge is -2.18. The number of rotatable bonds is 4. The van der Waals surface area contributed by atoms with Crippen LogP contribution in [0.5, 0.6) is 5.75 Å². The molecule has 0 saturated carbocycles. The molecule has 0 aliphatic carbocycles. The second-order valence-corrected chi connectivity index (χ2v) is 7.02. The zero-order chi connectivity index (χ0) is 14.7. The minimum atomic E-state index is 0.0644. The predicted molar refractivity (Wildman–Crippen MR) is 97.3 cm³/mol. The number of halogens is 3. The van der Waals surface area contributed by atoms with Gasteiger partial charge in [-0.3, -0.25) is 0 Å². The van der Waals surface area contributed by atoms with Gasteiger partial charge in [-0.1, -0.05) is 45.2 Å². The van der Waals surface area contributed by atoms with Crippen molar-refractivity contribution in [2.45, 2.75) is 18.7 Å². The van der Waals surface area contributed by atoms with E-state index in [9.17, 15) is 0 Å². The third-order valence-corrected chi connectivity index (χ3v) is 5.17. The molecule has 0 N–H and O–H groups in total. The normalized spacial score (nSPS) is 12.2. The predicted octanol–water partition coefficient (Wildman–Crippen LogP) is 6.14. The van der Waals surface area contributed by atoms with E-state index in [0.29, 0.717) is 6.61 Å². The Hall–Kier alpha value is -0.260. The Bertz CT molecular complexity index is 615. The van der Waals surface area contributed by atoms with E-state index in [0.717, 1.165) is 21.9 Å². The number of hydrogen-bond donors (Lipinski definition) is 0. The van der Waals surface area contributed by atoms with Gasteiger partial charge in [-0.25, -0.2) is 0 Å². The van der Waals surface area contributed by atoms with Crippen LogP contribution in [0.2, 0.25) is 5.02 Å². The summed E-state index contributed by atoms with van der Waals surface area (Å²) >= 11 is 12.2. The first-order valence-electron chi connectivity index (χ1n) is 6.35. The summed E-state index contributed by atoms with van der Waals surface area (Å²) < 4.78 is 6.92. The van der Waals surface area contributed by atoms with Crippen molar-refractivity contribution in [3.8, 4) is 5.75 Å². The van der Waals surface area contributed by atoms with Crippen LogP contribution < -0.4 is 4.74 Å². The molecule has 0 spiro atoms. The van der Waals surface area contributed by atoms with Crippen LogP contribution in [-0.4, -0.2) is 6.61 Å². The quantitative estimate of drug-likeness (QED) is 0.390. The number of alkyl halides is 1. The molecule has 0 fully saturated rings. The van der Waals surface area contributed by atoms with Crippen molar-refractivity contribution >= 4 is 50.1 Å². The van der Waals surface area contributed by atoms with Crippen molar-refractivity contribution in [2.24, 2.45) is 0 Å². The van der Waals surface area contributed by atoms with E-state index in [4.69, 9.17) is 16.3 Å². The molecular formula is C16H15BrClIO. The summed E-state index contributed by atoms with van der Waals surface area (Å²) in [6, 6.07) is 12.2. The second kappa shape index (κ2) is 7.14. The molecule has 1 unspecified atom stereocenters. The van der Waals surface area contributed by atoms with E-state index in [2.05, 4.69) is 57.6 Å². The van der Waals surface area contributed by atoms with Crippen LogP contribution in [0.1, 0.15) is 28.4 Å². The van der Waals surface area contributed by atoms with Gasteiger partial charge >= 0.3 is 0 Å². The Morgan fingerprint density at radius 2 is 1.95 bits per heavy atom. The molecule has 0 bridgehead atoms. The summed E-state index contributed by atoms with van der Waals surface area (Å²) in [5.41, 5.74) is 3.50. The van der Waals surface area contributed by atoms with E-state index < -0.39 is 0 Å². The van der Waals surface area contributed by atoms with Gasteiger partial charge in [0.15, 0.2) is 0 Å². The third kappa shape index (κ3) is 3.68. The van der Waals surface area contributed by atoms with Gasteiger partial charge < -0.3 is 4.74 Å². The van der Waals surface area contributed by atoms with Gasteiger partial charge in [0.05, 0.1) is 11.4 Å². The molecule has 106 valence electrons. The van der Waals surface area contributed by atoms with Crippen molar-refractivity contribution in [3.63, 3.8) is 0 Å². The van der Waals surface area contributed by atoms with Crippen molar-refractivity contribution in [1.82, 2.24) is 0 Å². The summed E-state index contributed by atoms with van der Waals surface area (Å²) in [7, 11) is 0. The Balaban J connectivity index is 2.49. The van der Waals surface area contributed by atoms with Crippen molar-refractivity contribution in [1.29, 1.82) is 0 Å². The average Bonchev–Trinajstić information content (AvgIpc) is 2.43. The standard InChI is InChI=1S/C16H15BrClIO/c1-3-20-15-7-4-10(2)8-13(15)16(17)12-9-11(18)5-6-14(12)19/h4-9,16H,3H2,1-2H3. The Labute approximate surface area is 146 Å². The van der Waals surface area contributed by atoms with Gasteiger partial charge in [0.1, 0.15) is 5.75 Å². The fraction of sp³-hybridized carbons (Fsp3) is 0.250. The first kappa shape index (κ1) is 16.1. The molecule has 0 aromatic heterocycles. The molecule has 0 amide bonds. The van der Waals surface area contributed by atoms with Crippen LogP contribution in [0.3, 0.4) is 0 Å². The molecule has 0 heterocycles. The fourth-order valence-electron chi connectivity index (χ4n) is 2.03. The molecule has 0 aliphatic heterocycles. The molecular weight excluding hydrogens is 450 g/mol. The van der Waals surface area contributed by atoms with E-state index in [1.165, 1.54) is 9.13 Å². The Morgan fingerprint density at radius 1 is 1.20 bits per heavy atom. The van der Waals surface area contributed by atoms with E-state index in [-0.39, 0.29) is 4.83 Å². The minimum Gasteiger partial charge on any atom is -0.494 e. The molecule has 0 aliphatic rings. The van der Waals surface area contributed by atoms with Crippen LogP contribution in [-0.2, 0) is 0 Å². The van der Waals surface area contributed by atoms with Gasteiger partial charge in [0.25, 0.3) is 0 Å². The van der Waals surface area contributed by atoms with Crippen LogP contribution in [0.4, 0.5) is 0 Å². The van der Waals surface area contributed by atoms with Gasteiger partial charge in [-0.2, -0.15) is 0 Å². The SMILES string of the molecule is CCOc1ccc(C)cc1C(Br)c1cc(Cl)ccc1I. The zero-order valence-electron chi connectivity index (χ0n) is 11.3. The topological polar surface area (TPSA) is 9.23 Å². The highest BCUT2D eigenvalue weighted by atomic mass is 127. The summed E-state index contributed by atoms with van der Waals surface area (Å²) in [6.45, 7) is 4.74. The molecule has 0 radical (unpaired) electrons. The number of aryl methyl sites for hydroxylation is 1. The largest absolute Gasteiger partial charge is 0.494 e. The van der Waals surface area contributed by atoms with Crippen LogP contribution in [0, 0.1) is 10.5 Å². The third-order valence-electron chi connectivity index (χ3n) is 2.97. The highest BCUT2D eigenvalue weighted by Gasteiger charge is 2.18. The fourth-order valence-corrected chi connectivity index (χ4v) is 4.02.